The lowest BCUT2D eigenvalue weighted by atomic mass is 9.89. The summed E-state index contributed by atoms with van der Waals surface area (Å²) < 4.78 is 5.33. The van der Waals surface area contributed by atoms with Crippen LogP contribution in [0.2, 0.25) is 0 Å². The van der Waals surface area contributed by atoms with E-state index in [-0.39, 0.29) is 0 Å². The molecule has 1 unspecified atom stereocenters. The van der Waals surface area contributed by atoms with Crippen LogP contribution < -0.4 is 10.1 Å². The van der Waals surface area contributed by atoms with E-state index in [4.69, 9.17) is 4.74 Å². The SMILES string of the molecule is CCc1ccc(C2NCCc3cc(OC)ccc32)cc1. The van der Waals surface area contributed by atoms with Crippen LogP contribution in [0.3, 0.4) is 0 Å². The summed E-state index contributed by atoms with van der Waals surface area (Å²) in [6.07, 6.45) is 2.15. The number of benzene rings is 2. The van der Waals surface area contributed by atoms with Crippen LogP contribution in [0.4, 0.5) is 0 Å². The second-order valence-corrected chi connectivity index (χ2v) is 5.30. The molecule has 2 aromatic carbocycles. The molecule has 0 bridgehead atoms. The van der Waals surface area contributed by atoms with E-state index in [0.29, 0.717) is 6.04 Å². The maximum Gasteiger partial charge on any atom is 0.119 e. The number of methoxy groups -OCH3 is 1. The average Bonchev–Trinajstić information content (AvgIpc) is 2.54. The van der Waals surface area contributed by atoms with Gasteiger partial charge in [0.05, 0.1) is 13.2 Å². The van der Waals surface area contributed by atoms with Crippen molar-refractivity contribution in [2.24, 2.45) is 0 Å². The monoisotopic (exact) mass is 267 g/mol. The van der Waals surface area contributed by atoms with Crippen LogP contribution in [0.5, 0.6) is 5.75 Å². The molecule has 0 spiro atoms. The third kappa shape index (κ3) is 2.44. The summed E-state index contributed by atoms with van der Waals surface area (Å²) in [6.45, 7) is 3.20. The maximum atomic E-state index is 5.33. The van der Waals surface area contributed by atoms with Crippen LogP contribution in [0, 0.1) is 0 Å². The van der Waals surface area contributed by atoms with E-state index < -0.39 is 0 Å². The fraction of sp³-hybridized carbons (Fsp3) is 0.333. The first-order chi connectivity index (χ1) is 9.81. The van der Waals surface area contributed by atoms with Crippen LogP contribution in [0.15, 0.2) is 42.5 Å². The molecule has 1 aliphatic rings. The molecule has 1 aliphatic heterocycles. The quantitative estimate of drug-likeness (QED) is 0.919. The highest BCUT2D eigenvalue weighted by Crippen LogP contribution is 2.31. The van der Waals surface area contributed by atoms with Crippen molar-refractivity contribution in [1.29, 1.82) is 0 Å². The standard InChI is InChI=1S/C18H21NO/c1-3-13-4-6-14(7-5-13)18-17-9-8-16(20-2)12-15(17)10-11-19-18/h4-9,12,18-19H,3,10-11H2,1-2H3. The summed E-state index contributed by atoms with van der Waals surface area (Å²) in [7, 11) is 1.73. The minimum atomic E-state index is 0.301. The number of rotatable bonds is 3. The smallest absolute Gasteiger partial charge is 0.119 e. The molecular formula is C18H21NO. The molecule has 104 valence electrons. The fourth-order valence-electron chi connectivity index (χ4n) is 2.91. The van der Waals surface area contributed by atoms with Crippen LogP contribution in [0.25, 0.3) is 0 Å². The molecule has 0 saturated carbocycles. The summed E-state index contributed by atoms with van der Waals surface area (Å²) in [4.78, 5) is 0. The van der Waals surface area contributed by atoms with Crippen molar-refractivity contribution in [2.75, 3.05) is 13.7 Å². The Morgan fingerprint density at radius 2 is 1.95 bits per heavy atom. The molecule has 2 heteroatoms. The molecule has 1 heterocycles. The normalized spacial score (nSPS) is 17.6. The number of fused-ring (bicyclic) bond motifs is 1. The third-order valence-electron chi connectivity index (χ3n) is 4.13. The predicted octanol–water partition coefficient (Wildman–Crippen LogP) is 3.49. The van der Waals surface area contributed by atoms with Crippen molar-refractivity contribution in [3.8, 4) is 5.75 Å². The third-order valence-corrected chi connectivity index (χ3v) is 4.13. The van der Waals surface area contributed by atoms with E-state index in [1.54, 1.807) is 7.11 Å². The van der Waals surface area contributed by atoms with E-state index in [0.717, 1.165) is 25.1 Å². The largest absolute Gasteiger partial charge is 0.497 e. The summed E-state index contributed by atoms with van der Waals surface area (Å²) in [5.74, 6) is 0.950. The minimum absolute atomic E-state index is 0.301. The summed E-state index contributed by atoms with van der Waals surface area (Å²) in [5.41, 5.74) is 5.50. The fourth-order valence-corrected chi connectivity index (χ4v) is 2.91. The number of ether oxygens (including phenoxy) is 1. The number of aryl methyl sites for hydroxylation is 1. The maximum absolute atomic E-state index is 5.33. The lowest BCUT2D eigenvalue weighted by molar-refractivity contribution is 0.413. The zero-order valence-corrected chi connectivity index (χ0v) is 12.1. The first-order valence-corrected chi connectivity index (χ1v) is 7.31. The van der Waals surface area contributed by atoms with Gasteiger partial charge in [0.2, 0.25) is 0 Å². The van der Waals surface area contributed by atoms with Gasteiger partial charge < -0.3 is 10.1 Å². The highest BCUT2D eigenvalue weighted by atomic mass is 16.5. The van der Waals surface area contributed by atoms with E-state index in [1.165, 1.54) is 22.3 Å². The molecule has 0 saturated heterocycles. The number of hydrogen-bond acceptors (Lipinski definition) is 2. The van der Waals surface area contributed by atoms with Crippen molar-refractivity contribution < 1.29 is 4.74 Å². The van der Waals surface area contributed by atoms with Gasteiger partial charge in [-0.1, -0.05) is 37.3 Å². The summed E-state index contributed by atoms with van der Waals surface area (Å²) in [5, 5.41) is 3.63. The molecule has 0 radical (unpaired) electrons. The molecule has 3 rings (SSSR count). The highest BCUT2D eigenvalue weighted by molar-refractivity contribution is 5.44. The zero-order valence-electron chi connectivity index (χ0n) is 12.1. The van der Waals surface area contributed by atoms with E-state index in [2.05, 4.69) is 54.7 Å². The Kier molecular flexibility index (Phi) is 3.75. The van der Waals surface area contributed by atoms with Crippen molar-refractivity contribution >= 4 is 0 Å². The molecule has 0 amide bonds. The molecule has 1 N–H and O–H groups in total. The van der Waals surface area contributed by atoms with Crippen molar-refractivity contribution in [3.63, 3.8) is 0 Å². The molecule has 1 atom stereocenters. The number of nitrogens with one attached hydrogen (secondary N) is 1. The molecule has 2 nitrogen and oxygen atoms in total. The molecular weight excluding hydrogens is 246 g/mol. The first kappa shape index (κ1) is 13.2. The lowest BCUT2D eigenvalue weighted by Crippen LogP contribution is -2.30. The van der Waals surface area contributed by atoms with Crippen molar-refractivity contribution in [3.05, 3.63) is 64.7 Å². The van der Waals surface area contributed by atoms with Crippen LogP contribution in [0.1, 0.15) is 35.2 Å². The molecule has 0 aliphatic carbocycles. The van der Waals surface area contributed by atoms with E-state index in [9.17, 15) is 0 Å². The molecule has 2 aromatic rings. The number of hydrogen-bond donors (Lipinski definition) is 1. The summed E-state index contributed by atoms with van der Waals surface area (Å²) in [6, 6.07) is 15.7. The predicted molar refractivity (Wildman–Crippen MR) is 82.4 cm³/mol. The lowest BCUT2D eigenvalue weighted by Gasteiger charge is -2.28. The molecule has 20 heavy (non-hydrogen) atoms. The van der Waals surface area contributed by atoms with Gasteiger partial charge in [0.25, 0.3) is 0 Å². The highest BCUT2D eigenvalue weighted by Gasteiger charge is 2.21. The minimum Gasteiger partial charge on any atom is -0.497 e. The average molecular weight is 267 g/mol. The van der Waals surface area contributed by atoms with Gasteiger partial charge in [0, 0.05) is 6.54 Å². The Balaban J connectivity index is 1.96. The summed E-state index contributed by atoms with van der Waals surface area (Å²) >= 11 is 0. The second-order valence-electron chi connectivity index (χ2n) is 5.30. The van der Waals surface area contributed by atoms with Gasteiger partial charge in [-0.05, 0) is 47.2 Å². The second kappa shape index (κ2) is 5.68. The Labute approximate surface area is 120 Å². The van der Waals surface area contributed by atoms with Gasteiger partial charge in [0.1, 0.15) is 5.75 Å². The Hall–Kier alpha value is -1.80. The Morgan fingerprint density at radius 3 is 2.65 bits per heavy atom. The van der Waals surface area contributed by atoms with Crippen molar-refractivity contribution in [2.45, 2.75) is 25.8 Å². The van der Waals surface area contributed by atoms with E-state index >= 15 is 0 Å². The van der Waals surface area contributed by atoms with Crippen LogP contribution >= 0.6 is 0 Å². The van der Waals surface area contributed by atoms with Gasteiger partial charge >= 0.3 is 0 Å². The first-order valence-electron chi connectivity index (χ1n) is 7.31. The zero-order chi connectivity index (χ0) is 13.9. The van der Waals surface area contributed by atoms with Gasteiger partial charge in [0.15, 0.2) is 0 Å². The van der Waals surface area contributed by atoms with Crippen LogP contribution in [-0.4, -0.2) is 13.7 Å². The van der Waals surface area contributed by atoms with Crippen molar-refractivity contribution in [1.82, 2.24) is 5.32 Å². The molecule has 0 aromatic heterocycles. The topological polar surface area (TPSA) is 21.3 Å². The Morgan fingerprint density at radius 1 is 1.15 bits per heavy atom. The van der Waals surface area contributed by atoms with Crippen LogP contribution in [-0.2, 0) is 12.8 Å². The van der Waals surface area contributed by atoms with Gasteiger partial charge in [-0.15, -0.1) is 0 Å². The van der Waals surface area contributed by atoms with Gasteiger partial charge in [-0.3, -0.25) is 0 Å². The molecule has 0 fully saturated rings. The van der Waals surface area contributed by atoms with Gasteiger partial charge in [-0.2, -0.15) is 0 Å². The van der Waals surface area contributed by atoms with E-state index in [1.807, 2.05) is 0 Å². The Bertz CT molecular complexity index is 589. The van der Waals surface area contributed by atoms with Gasteiger partial charge in [-0.25, -0.2) is 0 Å².